The lowest BCUT2D eigenvalue weighted by Gasteiger charge is -2.29. The van der Waals surface area contributed by atoms with E-state index in [1.165, 1.54) is 5.69 Å². The van der Waals surface area contributed by atoms with Crippen LogP contribution >= 0.6 is 15.9 Å². The van der Waals surface area contributed by atoms with Gasteiger partial charge in [-0.25, -0.2) is 0 Å². The maximum Gasteiger partial charge on any atom is 0.0642 e. The number of hydrogen-bond acceptors (Lipinski definition) is 3. The second-order valence-corrected chi connectivity index (χ2v) is 5.29. The van der Waals surface area contributed by atoms with Crippen molar-refractivity contribution >= 4 is 21.6 Å². The van der Waals surface area contributed by atoms with Gasteiger partial charge in [0.05, 0.1) is 25.0 Å². The van der Waals surface area contributed by atoms with Crippen LogP contribution in [0.2, 0.25) is 0 Å². The van der Waals surface area contributed by atoms with Crippen LogP contribution in [0.3, 0.4) is 0 Å². The van der Waals surface area contributed by atoms with Crippen molar-refractivity contribution in [3.05, 3.63) is 28.2 Å². The SMILES string of the molecule is CC(O)Cc1ccc(N2CCOCC2)c(Br)c1. The Morgan fingerprint density at radius 2 is 2.12 bits per heavy atom. The normalized spacial score (nSPS) is 18.2. The summed E-state index contributed by atoms with van der Waals surface area (Å²) in [6.07, 6.45) is 0.401. The average Bonchev–Trinajstić information content (AvgIpc) is 2.29. The fourth-order valence-corrected chi connectivity index (χ4v) is 2.76. The molecule has 1 aliphatic rings. The molecule has 0 aliphatic carbocycles. The highest BCUT2D eigenvalue weighted by Crippen LogP contribution is 2.28. The number of rotatable bonds is 3. The molecule has 1 N–H and O–H groups in total. The summed E-state index contributed by atoms with van der Waals surface area (Å²) < 4.78 is 6.44. The number of nitrogens with zero attached hydrogens (tertiary/aromatic N) is 1. The van der Waals surface area contributed by atoms with Crippen molar-refractivity contribution in [1.82, 2.24) is 0 Å². The molecule has 1 saturated heterocycles. The van der Waals surface area contributed by atoms with Crippen molar-refractivity contribution in [3.8, 4) is 0 Å². The number of benzene rings is 1. The number of hydrogen-bond donors (Lipinski definition) is 1. The van der Waals surface area contributed by atoms with Gasteiger partial charge in [-0.2, -0.15) is 0 Å². The molecule has 0 aromatic heterocycles. The van der Waals surface area contributed by atoms with Crippen molar-refractivity contribution in [1.29, 1.82) is 0 Å². The lowest BCUT2D eigenvalue weighted by molar-refractivity contribution is 0.122. The highest BCUT2D eigenvalue weighted by Gasteiger charge is 2.14. The van der Waals surface area contributed by atoms with Gasteiger partial charge in [0.15, 0.2) is 0 Å². The molecule has 0 spiro atoms. The third-order valence-electron chi connectivity index (χ3n) is 2.89. The van der Waals surface area contributed by atoms with E-state index < -0.39 is 0 Å². The Hall–Kier alpha value is -0.580. The number of ether oxygens (including phenoxy) is 1. The third-order valence-corrected chi connectivity index (χ3v) is 3.53. The molecule has 1 fully saturated rings. The van der Waals surface area contributed by atoms with Crippen LogP contribution in [0.15, 0.2) is 22.7 Å². The second-order valence-electron chi connectivity index (χ2n) is 4.44. The number of anilines is 1. The van der Waals surface area contributed by atoms with Gasteiger partial charge in [0.2, 0.25) is 0 Å². The van der Waals surface area contributed by atoms with E-state index in [1.54, 1.807) is 0 Å². The standard InChI is InChI=1S/C13H18BrNO2/c1-10(16)8-11-2-3-13(12(14)9-11)15-4-6-17-7-5-15/h2-3,9-10,16H,4-8H2,1H3. The summed E-state index contributed by atoms with van der Waals surface area (Å²) in [6, 6.07) is 6.30. The van der Waals surface area contributed by atoms with Gasteiger partial charge in [-0.15, -0.1) is 0 Å². The summed E-state index contributed by atoms with van der Waals surface area (Å²) in [5.74, 6) is 0. The van der Waals surface area contributed by atoms with Crippen molar-refractivity contribution in [2.75, 3.05) is 31.2 Å². The zero-order valence-corrected chi connectivity index (χ0v) is 11.6. The zero-order chi connectivity index (χ0) is 12.3. The minimum absolute atomic E-state index is 0.295. The summed E-state index contributed by atoms with van der Waals surface area (Å²) in [6.45, 7) is 5.27. The molecule has 17 heavy (non-hydrogen) atoms. The molecule has 3 nitrogen and oxygen atoms in total. The molecule has 94 valence electrons. The number of halogens is 1. The number of morpholine rings is 1. The smallest absolute Gasteiger partial charge is 0.0642 e. The van der Waals surface area contributed by atoms with E-state index in [2.05, 4.69) is 39.0 Å². The van der Waals surface area contributed by atoms with Gasteiger partial charge in [-0.1, -0.05) is 6.07 Å². The van der Waals surface area contributed by atoms with Crippen LogP contribution < -0.4 is 4.90 Å². The van der Waals surface area contributed by atoms with Crippen LogP contribution in [0.5, 0.6) is 0 Å². The van der Waals surface area contributed by atoms with Gasteiger partial charge < -0.3 is 14.7 Å². The van der Waals surface area contributed by atoms with Crippen LogP contribution in [0, 0.1) is 0 Å². The van der Waals surface area contributed by atoms with Crippen LogP contribution in [0.25, 0.3) is 0 Å². The van der Waals surface area contributed by atoms with E-state index in [-0.39, 0.29) is 6.10 Å². The van der Waals surface area contributed by atoms with E-state index in [4.69, 9.17) is 4.74 Å². The van der Waals surface area contributed by atoms with Crippen LogP contribution in [-0.2, 0) is 11.2 Å². The van der Waals surface area contributed by atoms with E-state index in [9.17, 15) is 5.11 Å². The van der Waals surface area contributed by atoms with E-state index in [0.29, 0.717) is 6.42 Å². The quantitative estimate of drug-likeness (QED) is 0.929. The molecule has 0 bridgehead atoms. The Balaban J connectivity index is 2.13. The monoisotopic (exact) mass is 299 g/mol. The maximum atomic E-state index is 9.37. The van der Waals surface area contributed by atoms with Crippen molar-refractivity contribution in [2.24, 2.45) is 0 Å². The molecule has 1 heterocycles. The maximum absolute atomic E-state index is 9.37. The molecule has 0 saturated carbocycles. The molecule has 0 radical (unpaired) electrons. The summed E-state index contributed by atoms with van der Waals surface area (Å²) in [7, 11) is 0. The topological polar surface area (TPSA) is 32.7 Å². The predicted molar refractivity (Wildman–Crippen MR) is 72.6 cm³/mol. The van der Waals surface area contributed by atoms with Gasteiger partial charge >= 0.3 is 0 Å². The van der Waals surface area contributed by atoms with E-state index >= 15 is 0 Å². The van der Waals surface area contributed by atoms with Gasteiger partial charge in [0, 0.05) is 17.6 Å². The van der Waals surface area contributed by atoms with Gasteiger partial charge in [-0.05, 0) is 47.0 Å². The Bertz CT molecular complexity index is 376. The Labute approximate surface area is 111 Å². The molecule has 0 amide bonds. The molecular weight excluding hydrogens is 282 g/mol. The van der Waals surface area contributed by atoms with Gasteiger partial charge in [0.25, 0.3) is 0 Å². The fourth-order valence-electron chi connectivity index (χ4n) is 2.08. The van der Waals surface area contributed by atoms with E-state index in [0.717, 1.165) is 36.3 Å². The average molecular weight is 300 g/mol. The molecule has 4 heteroatoms. The predicted octanol–water partition coefficient (Wildman–Crippen LogP) is 2.21. The molecule has 1 unspecified atom stereocenters. The molecule has 1 atom stereocenters. The first kappa shape index (κ1) is 12.9. The third kappa shape index (κ3) is 3.44. The largest absolute Gasteiger partial charge is 0.393 e. The first-order valence-corrected chi connectivity index (χ1v) is 6.75. The van der Waals surface area contributed by atoms with Gasteiger partial charge in [0.1, 0.15) is 0 Å². The summed E-state index contributed by atoms with van der Waals surface area (Å²) >= 11 is 3.61. The zero-order valence-electron chi connectivity index (χ0n) is 10.0. The summed E-state index contributed by atoms with van der Waals surface area (Å²) in [5.41, 5.74) is 2.37. The number of aliphatic hydroxyl groups excluding tert-OH is 1. The highest BCUT2D eigenvalue weighted by molar-refractivity contribution is 9.10. The minimum atomic E-state index is -0.295. The first-order chi connectivity index (χ1) is 8.16. The van der Waals surface area contributed by atoms with Crippen LogP contribution in [0.1, 0.15) is 12.5 Å². The Kier molecular flexibility index (Phi) is 4.42. The van der Waals surface area contributed by atoms with Crippen LogP contribution in [0.4, 0.5) is 5.69 Å². The second kappa shape index (κ2) is 5.85. The molecule has 1 aliphatic heterocycles. The lowest BCUT2D eigenvalue weighted by atomic mass is 10.1. The van der Waals surface area contributed by atoms with Crippen molar-refractivity contribution in [2.45, 2.75) is 19.4 Å². The summed E-state index contributed by atoms with van der Waals surface area (Å²) in [4.78, 5) is 2.32. The van der Waals surface area contributed by atoms with Crippen LogP contribution in [-0.4, -0.2) is 37.5 Å². The lowest BCUT2D eigenvalue weighted by Crippen LogP contribution is -2.36. The molecule has 1 aromatic rings. The minimum Gasteiger partial charge on any atom is -0.393 e. The Morgan fingerprint density at radius 1 is 1.41 bits per heavy atom. The van der Waals surface area contributed by atoms with Gasteiger partial charge in [-0.3, -0.25) is 0 Å². The van der Waals surface area contributed by atoms with Crippen molar-refractivity contribution in [3.63, 3.8) is 0 Å². The highest BCUT2D eigenvalue weighted by atomic mass is 79.9. The van der Waals surface area contributed by atoms with Crippen molar-refractivity contribution < 1.29 is 9.84 Å². The summed E-state index contributed by atoms with van der Waals surface area (Å²) in [5, 5.41) is 9.37. The fraction of sp³-hybridized carbons (Fsp3) is 0.538. The van der Waals surface area contributed by atoms with E-state index in [1.807, 2.05) is 6.92 Å². The molecular formula is C13H18BrNO2. The number of aliphatic hydroxyl groups is 1. The molecule has 1 aromatic carbocycles. The first-order valence-electron chi connectivity index (χ1n) is 5.96. The molecule has 2 rings (SSSR count). The Morgan fingerprint density at radius 3 is 2.71 bits per heavy atom.